The number of amides is 2. The van der Waals surface area contributed by atoms with Gasteiger partial charge < -0.3 is 10.2 Å². The lowest BCUT2D eigenvalue weighted by Crippen LogP contribution is -2.54. The van der Waals surface area contributed by atoms with Crippen molar-refractivity contribution >= 4 is 23.4 Å². The largest absolute Gasteiger partial charge is 0.344 e. The van der Waals surface area contributed by atoms with Crippen molar-refractivity contribution in [2.45, 2.75) is 71.5 Å². The number of rotatable bonds is 13. The molecule has 0 bridgehead atoms. The van der Waals surface area contributed by atoms with Crippen molar-refractivity contribution in [3.63, 3.8) is 0 Å². The molecule has 0 rings (SSSR count). The Labute approximate surface area is 169 Å². The summed E-state index contributed by atoms with van der Waals surface area (Å²) in [4.78, 5) is 52.5. The first-order valence-corrected chi connectivity index (χ1v) is 9.82. The van der Waals surface area contributed by atoms with Crippen LogP contribution in [0, 0.1) is 5.92 Å². The zero-order valence-corrected chi connectivity index (χ0v) is 18.4. The summed E-state index contributed by atoms with van der Waals surface area (Å²) < 4.78 is 0. The molecule has 7 heteroatoms. The first kappa shape index (κ1) is 26.0. The van der Waals surface area contributed by atoms with Gasteiger partial charge in [-0.3, -0.25) is 24.1 Å². The van der Waals surface area contributed by atoms with Crippen LogP contribution < -0.4 is 5.32 Å². The number of carbonyl (C=O) groups excluding carboxylic acids is 4. The van der Waals surface area contributed by atoms with Gasteiger partial charge in [0.25, 0.3) is 0 Å². The molecule has 0 heterocycles. The summed E-state index contributed by atoms with van der Waals surface area (Å²) in [6.07, 6.45) is 3.38. The average molecular weight is 396 g/mol. The Kier molecular flexibility index (Phi) is 11.5. The molecule has 0 saturated heterocycles. The summed E-state index contributed by atoms with van der Waals surface area (Å²) in [7, 11) is 5.05. The van der Waals surface area contributed by atoms with E-state index in [2.05, 4.69) is 11.9 Å². The van der Waals surface area contributed by atoms with E-state index in [1.807, 2.05) is 13.8 Å². The highest BCUT2D eigenvalue weighted by Crippen LogP contribution is 2.14. The van der Waals surface area contributed by atoms with Crippen LogP contribution in [0.1, 0.15) is 53.4 Å². The highest BCUT2D eigenvalue weighted by molar-refractivity contribution is 5.93. The molecule has 1 N–H and O–H groups in total. The topological polar surface area (TPSA) is 86.8 Å². The summed E-state index contributed by atoms with van der Waals surface area (Å²) in [6, 6.07) is -1.85. The Balaban J connectivity index is 5.44. The molecule has 0 aromatic carbocycles. The monoisotopic (exact) mass is 395 g/mol. The molecule has 0 aliphatic rings. The summed E-state index contributed by atoms with van der Waals surface area (Å²) >= 11 is 0. The number of hydrogen-bond acceptors (Lipinski definition) is 5. The van der Waals surface area contributed by atoms with Gasteiger partial charge in [0, 0.05) is 13.5 Å². The van der Waals surface area contributed by atoms with Gasteiger partial charge in [0.15, 0.2) is 5.78 Å². The fraction of sp³-hybridized carbons (Fsp3) is 0.714. The third-order valence-electron chi connectivity index (χ3n) is 5.22. The fourth-order valence-electron chi connectivity index (χ4n) is 3.08. The molecule has 0 aliphatic heterocycles. The number of hydrogen-bond donors (Lipinski definition) is 1. The molecule has 0 aromatic rings. The minimum absolute atomic E-state index is 0.00153. The van der Waals surface area contributed by atoms with Crippen molar-refractivity contribution in [2.24, 2.45) is 5.92 Å². The Bertz CT molecular complexity index is 574. The van der Waals surface area contributed by atoms with E-state index >= 15 is 0 Å². The summed E-state index contributed by atoms with van der Waals surface area (Å²) in [5.74, 6) is -0.863. The molecule has 28 heavy (non-hydrogen) atoms. The second-order valence-electron chi connectivity index (χ2n) is 7.66. The van der Waals surface area contributed by atoms with Crippen molar-refractivity contribution < 1.29 is 19.2 Å². The highest BCUT2D eigenvalue weighted by atomic mass is 16.2. The van der Waals surface area contributed by atoms with Crippen LogP contribution in [0.15, 0.2) is 12.7 Å². The van der Waals surface area contributed by atoms with Crippen molar-refractivity contribution in [1.29, 1.82) is 0 Å². The smallest absolute Gasteiger partial charge is 0.243 e. The molecule has 160 valence electrons. The zero-order chi connectivity index (χ0) is 22.0. The van der Waals surface area contributed by atoms with Crippen LogP contribution in [-0.4, -0.2) is 72.4 Å². The predicted octanol–water partition coefficient (Wildman–Crippen LogP) is 1.81. The highest BCUT2D eigenvalue weighted by Gasteiger charge is 2.32. The van der Waals surface area contributed by atoms with E-state index < -0.39 is 18.1 Å². The predicted molar refractivity (Wildman–Crippen MR) is 111 cm³/mol. The van der Waals surface area contributed by atoms with E-state index in [1.165, 1.54) is 18.7 Å². The quantitative estimate of drug-likeness (QED) is 0.481. The third kappa shape index (κ3) is 7.92. The number of Topliss-reactive ketones (excluding diaryl/α,β-unsaturated/α-hetero) is 2. The number of likely N-dealkylation sites (N-methyl/N-ethyl adjacent to an activating group) is 2. The van der Waals surface area contributed by atoms with Crippen LogP contribution in [0.4, 0.5) is 0 Å². The van der Waals surface area contributed by atoms with Gasteiger partial charge in [0.2, 0.25) is 11.8 Å². The van der Waals surface area contributed by atoms with Gasteiger partial charge in [-0.25, -0.2) is 0 Å². The molecule has 0 aromatic heterocycles. The minimum Gasteiger partial charge on any atom is -0.344 e. The van der Waals surface area contributed by atoms with E-state index in [0.717, 1.165) is 6.42 Å². The van der Waals surface area contributed by atoms with Crippen molar-refractivity contribution in [3.8, 4) is 0 Å². The van der Waals surface area contributed by atoms with Crippen LogP contribution in [0.5, 0.6) is 0 Å². The Hall–Kier alpha value is -2.02. The maximum atomic E-state index is 12.9. The van der Waals surface area contributed by atoms with Crippen molar-refractivity contribution in [1.82, 2.24) is 15.1 Å². The first-order valence-electron chi connectivity index (χ1n) is 9.82. The Morgan fingerprint density at radius 1 is 1.04 bits per heavy atom. The molecule has 1 unspecified atom stereocenters. The van der Waals surface area contributed by atoms with Crippen LogP contribution in [0.3, 0.4) is 0 Å². The molecule has 0 saturated carbocycles. The number of ketones is 2. The molecule has 0 spiro atoms. The van der Waals surface area contributed by atoms with Gasteiger partial charge in [0.1, 0.15) is 11.8 Å². The maximum absolute atomic E-state index is 12.9. The van der Waals surface area contributed by atoms with E-state index in [4.69, 9.17) is 0 Å². The maximum Gasteiger partial charge on any atom is 0.243 e. The molecule has 0 fully saturated rings. The molecule has 2 amide bonds. The van der Waals surface area contributed by atoms with Gasteiger partial charge in [-0.2, -0.15) is 0 Å². The molecular weight excluding hydrogens is 358 g/mol. The standard InChI is InChI=1S/C21H37N3O4/c1-9-11-12-17(21(28)22-20(16(5)26)14(3)10-2)24(8)19(27)13-18(15(4)25)23(6)7/h9,14,17-18,20H,1,10-13H2,2-8H3,(H,22,28)/t14-,17?,18-,20-/m0/s1. The lowest BCUT2D eigenvalue weighted by atomic mass is 9.95. The minimum atomic E-state index is -0.730. The van der Waals surface area contributed by atoms with Crippen molar-refractivity contribution in [2.75, 3.05) is 21.1 Å². The second kappa shape index (κ2) is 12.4. The van der Waals surface area contributed by atoms with E-state index in [0.29, 0.717) is 12.8 Å². The number of nitrogens with one attached hydrogen (secondary N) is 1. The third-order valence-corrected chi connectivity index (χ3v) is 5.22. The number of carbonyl (C=O) groups is 4. The second-order valence-corrected chi connectivity index (χ2v) is 7.66. The fourth-order valence-corrected chi connectivity index (χ4v) is 3.08. The zero-order valence-electron chi connectivity index (χ0n) is 18.4. The van der Waals surface area contributed by atoms with Crippen LogP contribution in [-0.2, 0) is 19.2 Å². The number of allylic oxidation sites excluding steroid dienone is 1. The van der Waals surface area contributed by atoms with Gasteiger partial charge in [-0.05, 0) is 46.7 Å². The van der Waals surface area contributed by atoms with E-state index in [9.17, 15) is 19.2 Å². The summed E-state index contributed by atoms with van der Waals surface area (Å²) in [5.41, 5.74) is 0. The molecule has 7 nitrogen and oxygen atoms in total. The Morgan fingerprint density at radius 2 is 1.61 bits per heavy atom. The summed E-state index contributed by atoms with van der Waals surface area (Å²) in [5, 5.41) is 2.82. The molecule has 0 aliphatic carbocycles. The lowest BCUT2D eigenvalue weighted by Gasteiger charge is -2.31. The number of nitrogens with zero attached hydrogens (tertiary/aromatic N) is 2. The van der Waals surface area contributed by atoms with Gasteiger partial charge in [-0.1, -0.05) is 26.3 Å². The van der Waals surface area contributed by atoms with Gasteiger partial charge in [-0.15, -0.1) is 6.58 Å². The first-order chi connectivity index (χ1) is 13.0. The average Bonchev–Trinajstić information content (AvgIpc) is 2.62. The SMILES string of the molecule is C=CCCC(C(=O)N[C@H](C(C)=O)[C@@H](C)CC)N(C)C(=O)C[C@@H](C(C)=O)N(C)C. The Morgan fingerprint density at radius 3 is 2.00 bits per heavy atom. The lowest BCUT2D eigenvalue weighted by molar-refractivity contribution is -0.142. The summed E-state index contributed by atoms with van der Waals surface area (Å²) in [6.45, 7) is 10.5. The van der Waals surface area contributed by atoms with Crippen LogP contribution in [0.25, 0.3) is 0 Å². The molecular formula is C21H37N3O4. The van der Waals surface area contributed by atoms with E-state index in [1.54, 1.807) is 32.1 Å². The molecule has 0 radical (unpaired) electrons. The van der Waals surface area contributed by atoms with Gasteiger partial charge >= 0.3 is 0 Å². The van der Waals surface area contributed by atoms with E-state index in [-0.39, 0.29) is 35.7 Å². The van der Waals surface area contributed by atoms with Gasteiger partial charge in [0.05, 0.1) is 12.1 Å². The van der Waals surface area contributed by atoms with Crippen molar-refractivity contribution in [3.05, 3.63) is 12.7 Å². The van der Waals surface area contributed by atoms with Crippen LogP contribution in [0.2, 0.25) is 0 Å². The molecule has 4 atom stereocenters. The normalized spacial score (nSPS) is 15.3. The van der Waals surface area contributed by atoms with Crippen LogP contribution >= 0.6 is 0 Å².